The minimum Gasteiger partial charge on any atom is -0.402 e. The number of cyclic esters (lactones) is 1. The molecular weight excluding hydrogens is 337 g/mol. The third-order valence-corrected chi connectivity index (χ3v) is 3.37. The van der Waals surface area contributed by atoms with Gasteiger partial charge in [0.2, 0.25) is 5.90 Å². The van der Waals surface area contributed by atoms with Crippen molar-refractivity contribution in [1.82, 2.24) is 0 Å². The molecule has 3 rings (SSSR count). The van der Waals surface area contributed by atoms with E-state index in [0.717, 1.165) is 10.0 Å². The van der Waals surface area contributed by atoms with Crippen LogP contribution in [0, 0.1) is 5.82 Å². The normalized spacial score (nSPS) is 16.0. The number of carbonyl (C=O) groups is 1. The first-order valence-corrected chi connectivity index (χ1v) is 6.96. The second-order valence-electron chi connectivity index (χ2n) is 4.37. The van der Waals surface area contributed by atoms with Crippen molar-refractivity contribution < 1.29 is 13.9 Å². The summed E-state index contributed by atoms with van der Waals surface area (Å²) < 4.78 is 19.6. The summed E-state index contributed by atoms with van der Waals surface area (Å²) >= 11 is 3.35. The van der Waals surface area contributed by atoms with Crippen molar-refractivity contribution in [2.75, 3.05) is 0 Å². The number of rotatable bonds is 2. The molecule has 0 aliphatic carbocycles. The molecule has 0 N–H and O–H groups in total. The van der Waals surface area contributed by atoms with Crippen molar-refractivity contribution >= 4 is 33.9 Å². The zero-order valence-electron chi connectivity index (χ0n) is 10.7. The van der Waals surface area contributed by atoms with E-state index in [0.29, 0.717) is 0 Å². The third kappa shape index (κ3) is 2.92. The predicted molar refractivity (Wildman–Crippen MR) is 81.1 cm³/mol. The Hall–Kier alpha value is -2.27. The molecule has 2 aromatic rings. The lowest BCUT2D eigenvalue weighted by molar-refractivity contribution is -0.129. The summed E-state index contributed by atoms with van der Waals surface area (Å²) in [5, 5.41) is 0. The molecule has 0 spiro atoms. The van der Waals surface area contributed by atoms with Crippen LogP contribution in [-0.2, 0) is 9.53 Å². The van der Waals surface area contributed by atoms with Gasteiger partial charge in [0.25, 0.3) is 0 Å². The van der Waals surface area contributed by atoms with E-state index >= 15 is 0 Å². The molecule has 1 heterocycles. The fourth-order valence-corrected chi connectivity index (χ4v) is 2.33. The molecule has 0 atom stereocenters. The van der Waals surface area contributed by atoms with Crippen LogP contribution in [0.2, 0.25) is 0 Å². The Balaban J connectivity index is 1.98. The molecular formula is C16H9BrFNO2. The number of hydrogen-bond acceptors (Lipinski definition) is 3. The Morgan fingerprint density at radius 1 is 1.14 bits per heavy atom. The summed E-state index contributed by atoms with van der Waals surface area (Å²) in [6.45, 7) is 0. The first-order chi connectivity index (χ1) is 10.1. The lowest BCUT2D eigenvalue weighted by atomic mass is 10.2. The van der Waals surface area contributed by atoms with Crippen molar-refractivity contribution in [2.24, 2.45) is 4.99 Å². The van der Waals surface area contributed by atoms with Gasteiger partial charge in [-0.3, -0.25) is 0 Å². The van der Waals surface area contributed by atoms with Gasteiger partial charge in [-0.2, -0.15) is 0 Å². The molecule has 104 valence electrons. The van der Waals surface area contributed by atoms with Crippen LogP contribution in [0.1, 0.15) is 11.1 Å². The topological polar surface area (TPSA) is 38.7 Å². The van der Waals surface area contributed by atoms with Gasteiger partial charge < -0.3 is 4.74 Å². The minimum atomic E-state index is -0.590. The summed E-state index contributed by atoms with van der Waals surface area (Å²) in [4.78, 5) is 15.9. The van der Waals surface area contributed by atoms with Crippen molar-refractivity contribution in [3.63, 3.8) is 0 Å². The summed E-state index contributed by atoms with van der Waals surface area (Å²) in [7, 11) is 0. The number of nitrogens with zero attached hydrogens (tertiary/aromatic N) is 1. The number of aliphatic imine (C=N–C) groups is 1. The molecule has 1 aliphatic rings. The smallest absolute Gasteiger partial charge is 0.363 e. The predicted octanol–water partition coefficient (Wildman–Crippen LogP) is 3.93. The first-order valence-electron chi connectivity index (χ1n) is 6.16. The molecule has 0 unspecified atom stereocenters. The molecule has 0 saturated heterocycles. The van der Waals surface area contributed by atoms with E-state index in [1.807, 2.05) is 24.3 Å². The van der Waals surface area contributed by atoms with Gasteiger partial charge >= 0.3 is 5.97 Å². The van der Waals surface area contributed by atoms with E-state index in [2.05, 4.69) is 20.9 Å². The Kier molecular flexibility index (Phi) is 3.66. The van der Waals surface area contributed by atoms with Crippen molar-refractivity contribution in [2.45, 2.75) is 0 Å². The zero-order chi connectivity index (χ0) is 14.8. The highest BCUT2D eigenvalue weighted by molar-refractivity contribution is 9.10. The van der Waals surface area contributed by atoms with E-state index in [-0.39, 0.29) is 17.2 Å². The van der Waals surface area contributed by atoms with Crippen LogP contribution in [0.25, 0.3) is 6.08 Å². The van der Waals surface area contributed by atoms with E-state index < -0.39 is 11.8 Å². The fourth-order valence-electron chi connectivity index (χ4n) is 1.91. The number of ether oxygens (including phenoxy) is 1. The number of carbonyl (C=O) groups excluding carboxylic acids is 1. The summed E-state index contributed by atoms with van der Waals surface area (Å²) in [6, 6.07) is 13.4. The quantitative estimate of drug-likeness (QED) is 0.610. The van der Waals surface area contributed by atoms with E-state index in [9.17, 15) is 9.18 Å². The van der Waals surface area contributed by atoms with Gasteiger partial charge in [0.15, 0.2) is 5.70 Å². The Morgan fingerprint density at radius 3 is 2.71 bits per heavy atom. The van der Waals surface area contributed by atoms with Gasteiger partial charge in [0, 0.05) is 4.47 Å². The van der Waals surface area contributed by atoms with Crippen LogP contribution in [0.3, 0.4) is 0 Å². The molecule has 0 amide bonds. The van der Waals surface area contributed by atoms with Gasteiger partial charge in [-0.05, 0) is 35.9 Å². The standard InChI is InChI=1S/C16H9BrFNO2/c17-11-5-3-4-10(8-11)9-14-16(20)21-15(19-14)12-6-1-2-7-13(12)18/h1-9H/b14-9-. The third-order valence-electron chi connectivity index (χ3n) is 2.88. The van der Waals surface area contributed by atoms with Gasteiger partial charge in [0.05, 0.1) is 5.56 Å². The summed E-state index contributed by atoms with van der Waals surface area (Å²) in [5.74, 6) is -1.08. The number of esters is 1. The SMILES string of the molecule is O=C1OC(c2ccccc2F)=N/C1=C\c1cccc(Br)c1. The molecule has 3 nitrogen and oxygen atoms in total. The highest BCUT2D eigenvalue weighted by Crippen LogP contribution is 2.21. The van der Waals surface area contributed by atoms with Gasteiger partial charge in [0.1, 0.15) is 5.82 Å². The second kappa shape index (κ2) is 5.61. The molecule has 2 aromatic carbocycles. The maximum Gasteiger partial charge on any atom is 0.363 e. The average Bonchev–Trinajstić information content (AvgIpc) is 2.80. The van der Waals surface area contributed by atoms with Crippen molar-refractivity contribution in [3.05, 3.63) is 75.6 Å². The second-order valence-corrected chi connectivity index (χ2v) is 5.29. The van der Waals surface area contributed by atoms with Crippen LogP contribution >= 0.6 is 15.9 Å². The lowest BCUT2D eigenvalue weighted by Crippen LogP contribution is -2.07. The Bertz CT molecular complexity index is 783. The molecule has 0 saturated carbocycles. The van der Waals surface area contributed by atoms with E-state index in [1.165, 1.54) is 12.1 Å². The van der Waals surface area contributed by atoms with Gasteiger partial charge in [-0.15, -0.1) is 0 Å². The molecule has 0 fully saturated rings. The van der Waals surface area contributed by atoms with Crippen LogP contribution in [-0.4, -0.2) is 11.9 Å². The van der Waals surface area contributed by atoms with Crippen molar-refractivity contribution in [1.29, 1.82) is 0 Å². The van der Waals surface area contributed by atoms with Crippen LogP contribution in [0.4, 0.5) is 4.39 Å². The largest absolute Gasteiger partial charge is 0.402 e. The number of halogens is 2. The van der Waals surface area contributed by atoms with Crippen molar-refractivity contribution in [3.8, 4) is 0 Å². The fraction of sp³-hybridized carbons (Fsp3) is 0. The highest BCUT2D eigenvalue weighted by atomic mass is 79.9. The maximum atomic E-state index is 13.7. The molecule has 0 aromatic heterocycles. The average molecular weight is 346 g/mol. The monoisotopic (exact) mass is 345 g/mol. The number of hydrogen-bond donors (Lipinski definition) is 0. The Labute approximate surface area is 128 Å². The van der Waals surface area contributed by atoms with Crippen LogP contribution in [0.5, 0.6) is 0 Å². The number of benzene rings is 2. The molecule has 0 radical (unpaired) electrons. The zero-order valence-corrected chi connectivity index (χ0v) is 12.3. The molecule has 5 heteroatoms. The van der Waals surface area contributed by atoms with Crippen LogP contribution < -0.4 is 0 Å². The summed E-state index contributed by atoms with van der Waals surface area (Å²) in [5.41, 5.74) is 1.12. The lowest BCUT2D eigenvalue weighted by Gasteiger charge is -1.99. The van der Waals surface area contributed by atoms with Gasteiger partial charge in [-0.1, -0.05) is 40.2 Å². The first kappa shape index (κ1) is 13.7. The molecule has 1 aliphatic heterocycles. The van der Waals surface area contributed by atoms with E-state index in [4.69, 9.17) is 4.74 Å². The highest BCUT2D eigenvalue weighted by Gasteiger charge is 2.25. The Morgan fingerprint density at radius 2 is 1.95 bits per heavy atom. The molecule has 0 bridgehead atoms. The molecule has 21 heavy (non-hydrogen) atoms. The van der Waals surface area contributed by atoms with Gasteiger partial charge in [-0.25, -0.2) is 14.2 Å². The minimum absolute atomic E-state index is 0.0145. The van der Waals surface area contributed by atoms with E-state index in [1.54, 1.807) is 18.2 Å². The summed E-state index contributed by atoms with van der Waals surface area (Å²) in [6.07, 6.45) is 1.60. The van der Waals surface area contributed by atoms with Crippen LogP contribution in [0.15, 0.2) is 63.7 Å². The maximum absolute atomic E-state index is 13.7.